The van der Waals surface area contributed by atoms with Gasteiger partial charge in [0.15, 0.2) is 5.82 Å². The van der Waals surface area contributed by atoms with Crippen molar-refractivity contribution < 1.29 is 28.7 Å². The van der Waals surface area contributed by atoms with E-state index in [0.29, 0.717) is 34.7 Å². The molecule has 4 aromatic rings. The van der Waals surface area contributed by atoms with E-state index in [4.69, 9.17) is 0 Å². The molecule has 3 atom stereocenters. The molecule has 16 heteroatoms. The van der Waals surface area contributed by atoms with Crippen molar-refractivity contribution in [3.63, 3.8) is 0 Å². The number of thioether (sulfide) groups is 2. The average Bonchev–Trinajstić information content (AvgIpc) is 3.74. The van der Waals surface area contributed by atoms with Gasteiger partial charge in [-0.25, -0.2) is 18.9 Å². The van der Waals surface area contributed by atoms with Crippen LogP contribution in [0.4, 0.5) is 4.39 Å². The Kier molecular flexibility index (Phi) is 10.3. The van der Waals surface area contributed by atoms with Crippen molar-refractivity contribution in [1.82, 2.24) is 40.5 Å². The zero-order chi connectivity index (χ0) is 34.7. The Balaban J connectivity index is 1.18. The Hall–Kier alpha value is -4.70. The number of carbonyl (C=O) groups is 4. The van der Waals surface area contributed by atoms with Crippen LogP contribution in [-0.2, 0) is 27.3 Å². The molecule has 4 heterocycles. The second-order valence-electron chi connectivity index (χ2n) is 11.7. The number of amides is 3. The molecule has 0 bridgehead atoms. The minimum atomic E-state index is -1.51. The van der Waals surface area contributed by atoms with Gasteiger partial charge in [-0.3, -0.25) is 19.3 Å². The SMILES string of the molecule is CCCCn1nncc1SCC1=C(C(=O)O)N2C(=O)C(NC(=O)C(NC(=O)c3nc4ccc(CCC)cc4[nH]3)c3ccccc3F)[C@H]2SC1. The Morgan fingerprint density at radius 3 is 2.76 bits per heavy atom. The number of H-pyrrole nitrogens is 1. The number of aromatic amines is 1. The van der Waals surface area contributed by atoms with Gasteiger partial charge < -0.3 is 20.7 Å². The number of rotatable bonds is 14. The summed E-state index contributed by atoms with van der Waals surface area (Å²) in [7, 11) is 0. The van der Waals surface area contributed by atoms with Crippen LogP contribution in [0.5, 0.6) is 0 Å². The van der Waals surface area contributed by atoms with Crippen LogP contribution in [0, 0.1) is 5.82 Å². The number of hydrogen-bond acceptors (Lipinski definition) is 9. The number of carbonyl (C=O) groups excluding carboxylic acids is 3. The fraction of sp³-hybridized carbons (Fsp3) is 0.364. The van der Waals surface area contributed by atoms with Crippen LogP contribution in [-0.4, -0.2) is 81.6 Å². The molecule has 2 unspecified atom stereocenters. The zero-order valence-corrected chi connectivity index (χ0v) is 28.4. The second-order valence-corrected chi connectivity index (χ2v) is 13.8. The number of aliphatic carboxylic acids is 1. The lowest BCUT2D eigenvalue weighted by atomic mass is 10.0. The Morgan fingerprint density at radius 2 is 2.00 bits per heavy atom. The van der Waals surface area contributed by atoms with Crippen LogP contribution in [0.3, 0.4) is 0 Å². The van der Waals surface area contributed by atoms with E-state index >= 15 is 4.39 Å². The monoisotopic (exact) mass is 706 g/mol. The molecule has 2 aliphatic rings. The Labute approximate surface area is 289 Å². The molecule has 49 heavy (non-hydrogen) atoms. The molecular weight excluding hydrogens is 672 g/mol. The summed E-state index contributed by atoms with van der Waals surface area (Å²) >= 11 is 2.72. The number of carboxylic acids is 1. The van der Waals surface area contributed by atoms with Gasteiger partial charge in [-0.05, 0) is 42.2 Å². The molecule has 6 rings (SSSR count). The summed E-state index contributed by atoms with van der Waals surface area (Å²) in [6.07, 6.45) is 5.35. The van der Waals surface area contributed by atoms with E-state index in [2.05, 4.69) is 44.8 Å². The highest BCUT2D eigenvalue weighted by Crippen LogP contribution is 2.42. The summed E-state index contributed by atoms with van der Waals surface area (Å²) in [6.45, 7) is 4.83. The van der Waals surface area contributed by atoms with Gasteiger partial charge in [0.05, 0.1) is 17.2 Å². The number of unbranched alkanes of at least 4 members (excludes halogenated alkanes) is 1. The van der Waals surface area contributed by atoms with Crippen LogP contribution in [0.25, 0.3) is 11.0 Å². The van der Waals surface area contributed by atoms with Gasteiger partial charge in [0, 0.05) is 23.6 Å². The summed E-state index contributed by atoms with van der Waals surface area (Å²) in [5, 5.41) is 23.5. The van der Waals surface area contributed by atoms with Gasteiger partial charge in [-0.15, -0.1) is 28.6 Å². The fourth-order valence-electron chi connectivity index (χ4n) is 5.82. The minimum absolute atomic E-state index is 0.0580. The van der Waals surface area contributed by atoms with Gasteiger partial charge in [0.25, 0.3) is 11.8 Å². The maximum Gasteiger partial charge on any atom is 0.352 e. The fourth-order valence-corrected chi connectivity index (χ4v) is 8.25. The summed E-state index contributed by atoms with van der Waals surface area (Å²) in [6, 6.07) is 8.57. The van der Waals surface area contributed by atoms with Gasteiger partial charge in [-0.1, -0.05) is 56.2 Å². The number of nitrogens with zero attached hydrogens (tertiary/aromatic N) is 5. The predicted molar refractivity (Wildman–Crippen MR) is 182 cm³/mol. The van der Waals surface area contributed by atoms with Gasteiger partial charge in [0.2, 0.25) is 5.91 Å². The van der Waals surface area contributed by atoms with E-state index in [1.165, 1.54) is 52.7 Å². The average molecular weight is 707 g/mol. The molecule has 13 nitrogen and oxygen atoms in total. The molecule has 0 saturated carbocycles. The molecule has 0 spiro atoms. The number of nitrogens with one attached hydrogen (secondary N) is 3. The standard InChI is InChI=1S/C33H35FN8O5S2/c1-3-5-13-41-24(15-35-40-41)48-16-19-17-49-32-26(31(45)42(32)27(19)33(46)47)39-29(43)25(20-9-6-7-10-21(20)34)38-30(44)28-36-22-12-11-18(8-4-2)14-23(22)37-28/h6-7,9-12,14-15,25-26,32H,3-5,8,13,16-17H2,1-2H3,(H,36,37)(H,38,44)(H,39,43)(H,46,47)/t25?,26?,32-/m1/s1. The number of carboxylic acid groups (broad SMARTS) is 1. The summed E-state index contributed by atoms with van der Waals surface area (Å²) in [5.41, 5.74) is 2.62. The van der Waals surface area contributed by atoms with Gasteiger partial charge >= 0.3 is 5.97 Å². The first-order chi connectivity index (χ1) is 23.7. The molecule has 2 aromatic heterocycles. The lowest BCUT2D eigenvalue weighted by Gasteiger charge is -2.49. The van der Waals surface area contributed by atoms with E-state index in [-0.39, 0.29) is 17.1 Å². The first-order valence-corrected chi connectivity index (χ1v) is 18.0. The normalized spacial score (nSPS) is 17.9. The van der Waals surface area contributed by atoms with Crippen molar-refractivity contribution in [2.24, 2.45) is 0 Å². The number of imidazole rings is 1. The number of aryl methyl sites for hydroxylation is 2. The van der Waals surface area contributed by atoms with Gasteiger partial charge in [-0.2, -0.15) is 0 Å². The van der Waals surface area contributed by atoms with E-state index in [0.717, 1.165) is 36.3 Å². The van der Waals surface area contributed by atoms with Crippen molar-refractivity contribution >= 4 is 58.2 Å². The van der Waals surface area contributed by atoms with Crippen molar-refractivity contribution in [2.75, 3.05) is 11.5 Å². The molecule has 256 valence electrons. The highest BCUT2D eigenvalue weighted by Gasteiger charge is 2.54. The first kappa shape index (κ1) is 34.2. The van der Waals surface area contributed by atoms with Gasteiger partial charge in [0.1, 0.15) is 34.0 Å². The zero-order valence-electron chi connectivity index (χ0n) is 26.8. The second kappa shape index (κ2) is 14.8. The Morgan fingerprint density at radius 1 is 1.18 bits per heavy atom. The first-order valence-electron chi connectivity index (χ1n) is 16.0. The summed E-state index contributed by atoms with van der Waals surface area (Å²) < 4.78 is 16.8. The van der Waals surface area contributed by atoms with E-state index in [9.17, 15) is 24.3 Å². The maximum atomic E-state index is 15.0. The van der Waals surface area contributed by atoms with E-state index < -0.39 is 47.0 Å². The third kappa shape index (κ3) is 7.06. The summed E-state index contributed by atoms with van der Waals surface area (Å²) in [5.74, 6) is -3.59. The molecule has 2 aromatic carbocycles. The topological polar surface area (TPSA) is 175 Å². The number of fused-ring (bicyclic) bond motifs is 2. The van der Waals surface area contributed by atoms with Crippen LogP contribution < -0.4 is 10.6 Å². The highest BCUT2D eigenvalue weighted by molar-refractivity contribution is 8.01. The number of β-lactam (4-membered cyclic amide) rings is 1. The molecule has 1 saturated heterocycles. The van der Waals surface area contributed by atoms with Crippen LogP contribution in [0.1, 0.15) is 60.9 Å². The smallest absolute Gasteiger partial charge is 0.352 e. The molecule has 3 amide bonds. The van der Waals surface area contributed by atoms with Crippen LogP contribution >= 0.6 is 23.5 Å². The lowest BCUT2D eigenvalue weighted by Crippen LogP contribution is -2.71. The van der Waals surface area contributed by atoms with Crippen molar-refractivity contribution in [2.45, 2.75) is 68.6 Å². The quantitative estimate of drug-likeness (QED) is 0.111. The van der Waals surface area contributed by atoms with Crippen molar-refractivity contribution in [3.05, 3.63) is 82.7 Å². The number of aromatic nitrogens is 5. The molecule has 4 N–H and O–H groups in total. The summed E-state index contributed by atoms with van der Waals surface area (Å²) in [4.78, 5) is 61.5. The highest BCUT2D eigenvalue weighted by atomic mass is 32.2. The molecular formula is C33H35FN8O5S2. The predicted octanol–water partition coefficient (Wildman–Crippen LogP) is 4.05. The lowest BCUT2D eigenvalue weighted by molar-refractivity contribution is -0.151. The van der Waals surface area contributed by atoms with Crippen molar-refractivity contribution in [3.8, 4) is 0 Å². The van der Waals surface area contributed by atoms with E-state index in [1.807, 2.05) is 12.1 Å². The van der Waals surface area contributed by atoms with Crippen LogP contribution in [0.15, 0.2) is 65.0 Å². The molecule has 0 aliphatic carbocycles. The Bertz CT molecular complexity index is 1940. The largest absolute Gasteiger partial charge is 0.477 e. The minimum Gasteiger partial charge on any atom is -0.477 e. The van der Waals surface area contributed by atoms with Crippen LogP contribution in [0.2, 0.25) is 0 Å². The molecule has 2 aliphatic heterocycles. The maximum absolute atomic E-state index is 15.0. The number of hydrogen-bond donors (Lipinski definition) is 4. The number of benzene rings is 2. The molecule has 0 radical (unpaired) electrons. The third-order valence-electron chi connectivity index (χ3n) is 8.30. The number of halogens is 1. The van der Waals surface area contributed by atoms with E-state index in [1.54, 1.807) is 16.9 Å². The third-order valence-corrected chi connectivity index (χ3v) is 10.7. The molecule has 1 fully saturated rings. The van der Waals surface area contributed by atoms with Crippen molar-refractivity contribution in [1.29, 1.82) is 0 Å².